The predicted octanol–water partition coefficient (Wildman–Crippen LogP) is -1.95. The molecular weight excluding hydrogens is 256 g/mol. The zero-order valence-electron chi connectivity index (χ0n) is 11.8. The Morgan fingerprint density at radius 2 is 1.90 bits per heavy atom. The van der Waals surface area contributed by atoms with Crippen LogP contribution in [-0.2, 0) is 12.8 Å². The van der Waals surface area contributed by atoms with Crippen LogP contribution in [-0.4, -0.2) is 49.2 Å². The quantitative estimate of drug-likeness (QED) is 0.680. The summed E-state index contributed by atoms with van der Waals surface area (Å²) >= 11 is 0. The molecule has 2 aliphatic rings. The summed E-state index contributed by atoms with van der Waals surface area (Å²) in [5.74, 6) is -0.607. The van der Waals surface area contributed by atoms with Crippen LogP contribution in [0.25, 0.3) is 0 Å². The molecular formula is C14H20N4O2. The second-order valence-corrected chi connectivity index (χ2v) is 5.74. The van der Waals surface area contributed by atoms with Gasteiger partial charge < -0.3 is 19.7 Å². The molecule has 0 saturated carbocycles. The lowest BCUT2D eigenvalue weighted by atomic mass is 9.94. The van der Waals surface area contributed by atoms with E-state index in [-0.39, 0.29) is 5.69 Å². The molecule has 0 radical (unpaired) electrons. The zero-order valence-corrected chi connectivity index (χ0v) is 11.8. The van der Waals surface area contributed by atoms with E-state index in [1.165, 1.54) is 4.90 Å². The summed E-state index contributed by atoms with van der Waals surface area (Å²) in [6.07, 6.45) is 3.69. The van der Waals surface area contributed by atoms with E-state index in [0.29, 0.717) is 5.95 Å². The Labute approximate surface area is 118 Å². The van der Waals surface area contributed by atoms with Crippen molar-refractivity contribution in [3.8, 4) is 0 Å². The van der Waals surface area contributed by atoms with Crippen LogP contribution < -0.4 is 14.9 Å². The summed E-state index contributed by atoms with van der Waals surface area (Å²) in [6.45, 7) is 3.80. The van der Waals surface area contributed by atoms with Gasteiger partial charge in [0.15, 0.2) is 0 Å². The van der Waals surface area contributed by atoms with Crippen molar-refractivity contribution in [3.63, 3.8) is 0 Å². The summed E-state index contributed by atoms with van der Waals surface area (Å²) in [4.78, 5) is 23.8. The Hall–Kier alpha value is -1.69. The highest BCUT2D eigenvalue weighted by atomic mass is 16.4. The fourth-order valence-electron chi connectivity index (χ4n) is 2.98. The molecule has 1 aromatic rings. The first kappa shape index (κ1) is 13.3. The molecule has 1 N–H and O–H groups in total. The smallest absolute Gasteiger partial charge is 0.226 e. The van der Waals surface area contributed by atoms with Gasteiger partial charge in [-0.15, -0.1) is 0 Å². The third-order valence-electron chi connectivity index (χ3n) is 4.26. The van der Waals surface area contributed by atoms with E-state index in [9.17, 15) is 9.90 Å². The highest BCUT2D eigenvalue weighted by Gasteiger charge is 2.23. The number of piperazine rings is 1. The Kier molecular flexibility index (Phi) is 3.56. The number of hydrogen-bond acceptors (Lipinski definition) is 5. The number of carboxylic acids is 1. The molecule has 0 aromatic carbocycles. The number of aromatic nitrogens is 2. The molecule has 0 amide bonds. The van der Waals surface area contributed by atoms with Crippen LogP contribution in [0.3, 0.4) is 0 Å². The maximum Gasteiger partial charge on any atom is 0.226 e. The summed E-state index contributed by atoms with van der Waals surface area (Å²) in [5.41, 5.74) is 1.81. The van der Waals surface area contributed by atoms with Crippen molar-refractivity contribution >= 4 is 11.9 Å². The van der Waals surface area contributed by atoms with Crippen LogP contribution in [0, 0.1) is 0 Å². The minimum atomic E-state index is -1.17. The summed E-state index contributed by atoms with van der Waals surface area (Å²) in [7, 11) is 2.16. The van der Waals surface area contributed by atoms with Gasteiger partial charge in [-0.05, 0) is 25.7 Å². The summed E-state index contributed by atoms with van der Waals surface area (Å²) in [5, 5.41) is 11.3. The monoisotopic (exact) mass is 276 g/mol. The molecule has 1 aromatic heterocycles. The first-order chi connectivity index (χ1) is 9.65. The summed E-state index contributed by atoms with van der Waals surface area (Å²) in [6, 6.07) is 0. The fourth-order valence-corrected chi connectivity index (χ4v) is 2.98. The molecule has 3 rings (SSSR count). The standard InChI is InChI=1S/C14H20N4O2/c1-17-6-8-18(9-7-17)14-15-11-5-3-2-4-10(11)12(16-14)13(19)20/h2-9H2,1H3,(H,19,20). The predicted molar refractivity (Wildman–Crippen MR) is 71.8 cm³/mol. The van der Waals surface area contributed by atoms with E-state index >= 15 is 0 Å². The first-order valence-electron chi connectivity index (χ1n) is 7.32. The van der Waals surface area contributed by atoms with Gasteiger partial charge in [-0.3, -0.25) is 0 Å². The van der Waals surface area contributed by atoms with Gasteiger partial charge in [0.1, 0.15) is 0 Å². The van der Waals surface area contributed by atoms with Gasteiger partial charge in [0.2, 0.25) is 5.95 Å². The van der Waals surface area contributed by atoms with Crippen LogP contribution in [0.2, 0.25) is 0 Å². The van der Waals surface area contributed by atoms with E-state index in [1.54, 1.807) is 0 Å². The highest BCUT2D eigenvalue weighted by Crippen LogP contribution is 2.24. The average Bonchev–Trinajstić information content (AvgIpc) is 2.46. The average molecular weight is 276 g/mol. The SMILES string of the molecule is C[NH+]1CCN(c2nc3c(c(C(=O)[O-])n2)CCCC3)CC1. The Morgan fingerprint density at radius 3 is 2.60 bits per heavy atom. The van der Waals surface area contributed by atoms with Gasteiger partial charge in [0, 0.05) is 11.3 Å². The van der Waals surface area contributed by atoms with Gasteiger partial charge >= 0.3 is 0 Å². The molecule has 0 unspecified atom stereocenters. The largest absolute Gasteiger partial charge is 0.543 e. The van der Waals surface area contributed by atoms with Crippen molar-refractivity contribution in [1.82, 2.24) is 9.97 Å². The number of carboxylic acid groups (broad SMARTS) is 1. The van der Waals surface area contributed by atoms with Crippen molar-refractivity contribution in [1.29, 1.82) is 0 Å². The normalized spacial score (nSPS) is 19.8. The van der Waals surface area contributed by atoms with E-state index in [0.717, 1.165) is 63.1 Å². The van der Waals surface area contributed by atoms with E-state index in [2.05, 4.69) is 21.9 Å². The lowest BCUT2D eigenvalue weighted by Crippen LogP contribution is -3.12. The molecule has 6 heteroatoms. The van der Waals surface area contributed by atoms with Gasteiger partial charge in [-0.1, -0.05) is 0 Å². The van der Waals surface area contributed by atoms with Crippen molar-refractivity contribution in [2.45, 2.75) is 25.7 Å². The first-order valence-corrected chi connectivity index (χ1v) is 7.32. The van der Waals surface area contributed by atoms with Crippen LogP contribution in [0.1, 0.15) is 34.6 Å². The zero-order chi connectivity index (χ0) is 14.1. The molecule has 0 bridgehead atoms. The molecule has 1 aliphatic heterocycles. The second-order valence-electron chi connectivity index (χ2n) is 5.74. The third-order valence-corrected chi connectivity index (χ3v) is 4.26. The number of likely N-dealkylation sites (N-methyl/N-ethyl adjacent to an activating group) is 1. The molecule has 108 valence electrons. The van der Waals surface area contributed by atoms with E-state index in [4.69, 9.17) is 0 Å². The maximum atomic E-state index is 11.3. The molecule has 6 nitrogen and oxygen atoms in total. The Morgan fingerprint density at radius 1 is 1.20 bits per heavy atom. The number of nitrogens with zero attached hydrogens (tertiary/aromatic N) is 3. The highest BCUT2D eigenvalue weighted by molar-refractivity contribution is 5.86. The number of carbonyl (C=O) groups is 1. The molecule has 20 heavy (non-hydrogen) atoms. The van der Waals surface area contributed by atoms with E-state index in [1.807, 2.05) is 0 Å². The number of carbonyl (C=O) groups excluding carboxylic acids is 1. The number of nitrogens with one attached hydrogen (secondary N) is 1. The summed E-state index contributed by atoms with van der Waals surface area (Å²) < 4.78 is 0. The minimum Gasteiger partial charge on any atom is -0.543 e. The van der Waals surface area contributed by atoms with Crippen molar-refractivity contribution in [2.24, 2.45) is 0 Å². The Bertz CT molecular complexity index is 524. The van der Waals surface area contributed by atoms with Crippen LogP contribution >= 0.6 is 0 Å². The molecule has 1 aliphatic carbocycles. The number of anilines is 1. The number of hydrogen-bond donors (Lipinski definition) is 1. The lowest BCUT2D eigenvalue weighted by Gasteiger charge is -2.31. The topological polar surface area (TPSA) is 73.6 Å². The van der Waals surface area contributed by atoms with E-state index < -0.39 is 5.97 Å². The van der Waals surface area contributed by atoms with Crippen molar-refractivity contribution < 1.29 is 14.8 Å². The number of fused-ring (bicyclic) bond motifs is 1. The lowest BCUT2D eigenvalue weighted by molar-refractivity contribution is -0.880. The molecule has 0 atom stereocenters. The van der Waals surface area contributed by atoms with Gasteiger partial charge in [-0.2, -0.15) is 0 Å². The van der Waals surface area contributed by atoms with Gasteiger partial charge in [0.25, 0.3) is 0 Å². The number of aryl methyl sites for hydroxylation is 1. The number of quaternary nitrogens is 1. The number of aromatic carboxylic acids is 1. The van der Waals surface area contributed by atoms with Crippen LogP contribution in [0.5, 0.6) is 0 Å². The minimum absolute atomic E-state index is 0.107. The Balaban J connectivity index is 1.95. The molecule has 1 saturated heterocycles. The van der Waals surface area contributed by atoms with Crippen LogP contribution in [0.15, 0.2) is 0 Å². The molecule has 1 fully saturated rings. The molecule has 2 heterocycles. The number of rotatable bonds is 2. The van der Waals surface area contributed by atoms with Gasteiger partial charge in [-0.25, -0.2) is 9.97 Å². The second kappa shape index (κ2) is 5.36. The van der Waals surface area contributed by atoms with Crippen molar-refractivity contribution in [3.05, 3.63) is 17.0 Å². The third kappa shape index (κ3) is 2.47. The maximum absolute atomic E-state index is 11.3. The fraction of sp³-hybridized carbons (Fsp3) is 0.643. The van der Waals surface area contributed by atoms with Crippen molar-refractivity contribution in [2.75, 3.05) is 38.1 Å². The molecule has 0 spiro atoms. The van der Waals surface area contributed by atoms with Crippen LogP contribution in [0.4, 0.5) is 5.95 Å². The van der Waals surface area contributed by atoms with Gasteiger partial charge in [0.05, 0.1) is 44.9 Å².